The average Bonchev–Trinajstić information content (AvgIpc) is 2.86. The topological polar surface area (TPSA) is 50.8 Å². The third-order valence-electron chi connectivity index (χ3n) is 4.25. The van der Waals surface area contributed by atoms with Gasteiger partial charge >= 0.3 is 6.09 Å². The SMILES string of the molecule is CC(C)(C)OC(=O)N1CC(CC2COCCN2)c2ccccc21. The number of hydrogen-bond donors (Lipinski definition) is 1. The molecule has 2 heterocycles. The van der Waals surface area contributed by atoms with Crippen molar-refractivity contribution in [2.45, 2.75) is 44.8 Å². The van der Waals surface area contributed by atoms with E-state index in [0.717, 1.165) is 31.9 Å². The van der Waals surface area contributed by atoms with Gasteiger partial charge in [-0.15, -0.1) is 0 Å². The monoisotopic (exact) mass is 318 g/mol. The molecule has 0 aliphatic carbocycles. The molecule has 23 heavy (non-hydrogen) atoms. The van der Waals surface area contributed by atoms with Crippen molar-refractivity contribution in [2.24, 2.45) is 0 Å². The first-order valence-electron chi connectivity index (χ1n) is 8.34. The summed E-state index contributed by atoms with van der Waals surface area (Å²) in [5.41, 5.74) is 1.72. The van der Waals surface area contributed by atoms with Gasteiger partial charge in [0.05, 0.1) is 18.9 Å². The molecule has 2 aliphatic rings. The molecule has 0 radical (unpaired) electrons. The zero-order valence-corrected chi connectivity index (χ0v) is 14.2. The van der Waals surface area contributed by atoms with Crippen LogP contribution in [0.4, 0.5) is 10.5 Å². The van der Waals surface area contributed by atoms with Crippen LogP contribution in [0.1, 0.15) is 38.7 Å². The largest absolute Gasteiger partial charge is 0.443 e. The molecule has 1 amide bonds. The summed E-state index contributed by atoms with van der Waals surface area (Å²) in [5.74, 6) is 0.318. The average molecular weight is 318 g/mol. The number of fused-ring (bicyclic) bond motifs is 1. The predicted octanol–water partition coefficient (Wildman–Crippen LogP) is 2.90. The van der Waals surface area contributed by atoms with Gasteiger partial charge in [0.1, 0.15) is 5.60 Å². The van der Waals surface area contributed by atoms with Gasteiger partial charge in [0.15, 0.2) is 0 Å². The molecule has 0 saturated carbocycles. The Morgan fingerprint density at radius 2 is 2.17 bits per heavy atom. The molecule has 0 aromatic heterocycles. The van der Waals surface area contributed by atoms with Crippen LogP contribution in [0.3, 0.4) is 0 Å². The first-order valence-corrected chi connectivity index (χ1v) is 8.34. The van der Waals surface area contributed by atoms with Gasteiger partial charge in [0.2, 0.25) is 0 Å². The van der Waals surface area contributed by atoms with Crippen LogP contribution in [0.5, 0.6) is 0 Å². The first kappa shape index (κ1) is 16.3. The van der Waals surface area contributed by atoms with Crippen molar-refractivity contribution in [1.29, 1.82) is 0 Å². The summed E-state index contributed by atoms with van der Waals surface area (Å²) in [6.45, 7) is 8.78. The van der Waals surface area contributed by atoms with E-state index < -0.39 is 5.60 Å². The Labute approximate surface area is 137 Å². The molecule has 1 aromatic rings. The summed E-state index contributed by atoms with van der Waals surface area (Å²) in [7, 11) is 0. The smallest absolute Gasteiger partial charge is 0.414 e. The summed E-state index contributed by atoms with van der Waals surface area (Å²) in [5, 5.41) is 3.50. The Morgan fingerprint density at radius 1 is 1.39 bits per heavy atom. The molecule has 1 aromatic carbocycles. The van der Waals surface area contributed by atoms with Crippen LogP contribution in [0.15, 0.2) is 24.3 Å². The van der Waals surface area contributed by atoms with Gasteiger partial charge in [0.25, 0.3) is 0 Å². The molecule has 5 heteroatoms. The van der Waals surface area contributed by atoms with Gasteiger partial charge in [0, 0.05) is 25.0 Å². The molecule has 2 unspecified atom stereocenters. The molecule has 0 spiro atoms. The second kappa shape index (κ2) is 6.49. The third-order valence-corrected chi connectivity index (χ3v) is 4.25. The number of amides is 1. The molecule has 2 atom stereocenters. The van der Waals surface area contributed by atoms with Gasteiger partial charge in [-0.25, -0.2) is 4.79 Å². The quantitative estimate of drug-likeness (QED) is 0.911. The van der Waals surface area contributed by atoms with Gasteiger partial charge in [-0.2, -0.15) is 0 Å². The molecular weight excluding hydrogens is 292 g/mol. The van der Waals surface area contributed by atoms with E-state index in [1.807, 2.05) is 39.0 Å². The maximum atomic E-state index is 12.5. The number of rotatable bonds is 2. The fourth-order valence-corrected chi connectivity index (χ4v) is 3.30. The minimum absolute atomic E-state index is 0.264. The Balaban J connectivity index is 1.75. The third kappa shape index (κ3) is 3.85. The van der Waals surface area contributed by atoms with Crippen LogP contribution in [-0.2, 0) is 9.47 Å². The lowest BCUT2D eigenvalue weighted by Gasteiger charge is -2.27. The van der Waals surface area contributed by atoms with Crippen molar-refractivity contribution in [1.82, 2.24) is 5.32 Å². The van der Waals surface area contributed by atoms with Crippen LogP contribution in [-0.4, -0.2) is 44.0 Å². The summed E-state index contributed by atoms with van der Waals surface area (Å²) in [6, 6.07) is 8.48. The van der Waals surface area contributed by atoms with E-state index in [2.05, 4.69) is 11.4 Å². The lowest BCUT2D eigenvalue weighted by atomic mass is 9.94. The molecular formula is C18H26N2O3. The Bertz CT molecular complexity index is 562. The lowest BCUT2D eigenvalue weighted by Crippen LogP contribution is -2.42. The molecule has 0 bridgehead atoms. The summed E-state index contributed by atoms with van der Waals surface area (Å²) in [6.07, 6.45) is 0.705. The maximum absolute atomic E-state index is 12.5. The summed E-state index contributed by atoms with van der Waals surface area (Å²) < 4.78 is 11.1. The normalized spacial score (nSPS) is 24.4. The van der Waals surface area contributed by atoms with E-state index in [4.69, 9.17) is 9.47 Å². The van der Waals surface area contributed by atoms with Gasteiger partial charge in [-0.05, 0) is 38.8 Å². The van der Waals surface area contributed by atoms with E-state index in [-0.39, 0.29) is 6.09 Å². The fourth-order valence-electron chi connectivity index (χ4n) is 3.30. The minimum Gasteiger partial charge on any atom is -0.443 e. The minimum atomic E-state index is -0.483. The highest BCUT2D eigenvalue weighted by atomic mass is 16.6. The van der Waals surface area contributed by atoms with Crippen LogP contribution < -0.4 is 10.2 Å². The number of nitrogens with one attached hydrogen (secondary N) is 1. The van der Waals surface area contributed by atoms with Crippen LogP contribution in [0, 0.1) is 0 Å². The zero-order valence-electron chi connectivity index (χ0n) is 14.2. The molecule has 3 rings (SSSR count). The van der Waals surface area contributed by atoms with E-state index in [9.17, 15) is 4.79 Å². The Kier molecular flexibility index (Phi) is 4.60. The first-order chi connectivity index (χ1) is 10.9. The number of anilines is 1. The lowest BCUT2D eigenvalue weighted by molar-refractivity contribution is 0.0577. The molecule has 1 fully saturated rings. The standard InChI is InChI=1S/C18H26N2O3/c1-18(2,3)23-17(21)20-11-13(10-14-12-22-9-8-19-14)15-6-4-5-7-16(15)20/h4-7,13-14,19H,8-12H2,1-3H3. The molecule has 126 valence electrons. The highest BCUT2D eigenvalue weighted by Gasteiger charge is 2.35. The van der Waals surface area contributed by atoms with Crippen molar-refractivity contribution in [3.8, 4) is 0 Å². The second-order valence-electron chi connectivity index (χ2n) is 7.31. The highest BCUT2D eigenvalue weighted by molar-refractivity contribution is 5.91. The molecule has 1 saturated heterocycles. The van der Waals surface area contributed by atoms with Crippen LogP contribution >= 0.6 is 0 Å². The number of ether oxygens (including phenoxy) is 2. The van der Waals surface area contributed by atoms with Gasteiger partial charge < -0.3 is 14.8 Å². The highest BCUT2D eigenvalue weighted by Crippen LogP contribution is 2.39. The van der Waals surface area contributed by atoms with E-state index >= 15 is 0 Å². The number of carbonyl (C=O) groups is 1. The zero-order chi connectivity index (χ0) is 16.4. The van der Waals surface area contributed by atoms with E-state index in [1.54, 1.807) is 4.90 Å². The van der Waals surface area contributed by atoms with Crippen LogP contribution in [0.2, 0.25) is 0 Å². The van der Waals surface area contributed by atoms with Crippen molar-refractivity contribution in [2.75, 3.05) is 31.2 Å². The summed E-state index contributed by atoms with van der Waals surface area (Å²) >= 11 is 0. The van der Waals surface area contributed by atoms with E-state index in [0.29, 0.717) is 18.5 Å². The molecule has 2 aliphatic heterocycles. The van der Waals surface area contributed by atoms with Crippen molar-refractivity contribution in [3.05, 3.63) is 29.8 Å². The van der Waals surface area contributed by atoms with Crippen molar-refractivity contribution < 1.29 is 14.3 Å². The Hall–Kier alpha value is -1.59. The number of benzene rings is 1. The fraction of sp³-hybridized carbons (Fsp3) is 0.611. The van der Waals surface area contributed by atoms with Crippen molar-refractivity contribution in [3.63, 3.8) is 0 Å². The number of para-hydroxylation sites is 1. The number of nitrogens with zero attached hydrogens (tertiary/aromatic N) is 1. The van der Waals surface area contributed by atoms with E-state index in [1.165, 1.54) is 5.56 Å². The number of carbonyl (C=O) groups excluding carboxylic acids is 1. The van der Waals surface area contributed by atoms with Crippen molar-refractivity contribution >= 4 is 11.8 Å². The van der Waals surface area contributed by atoms with Gasteiger partial charge in [-0.1, -0.05) is 18.2 Å². The number of morpholine rings is 1. The molecule has 5 nitrogen and oxygen atoms in total. The molecule has 1 N–H and O–H groups in total. The second-order valence-corrected chi connectivity index (χ2v) is 7.31. The maximum Gasteiger partial charge on any atom is 0.414 e. The summed E-state index contributed by atoms with van der Waals surface area (Å²) in [4.78, 5) is 14.3. The predicted molar refractivity (Wildman–Crippen MR) is 90.0 cm³/mol. The number of hydrogen-bond acceptors (Lipinski definition) is 4. The Morgan fingerprint density at radius 3 is 2.87 bits per heavy atom. The van der Waals surface area contributed by atoms with Gasteiger partial charge in [-0.3, -0.25) is 4.90 Å². The van der Waals surface area contributed by atoms with Crippen LogP contribution in [0.25, 0.3) is 0 Å².